The van der Waals surface area contributed by atoms with Crippen LogP contribution in [0.1, 0.15) is 88.1 Å². The van der Waals surface area contributed by atoms with Crippen molar-refractivity contribution in [3.05, 3.63) is 47.5 Å². The van der Waals surface area contributed by atoms with E-state index in [1.54, 1.807) is 17.0 Å². The van der Waals surface area contributed by atoms with Gasteiger partial charge in [0.25, 0.3) is 5.91 Å². The lowest BCUT2D eigenvalue weighted by molar-refractivity contribution is -0.120. The standard InChI is InChI=1S/C37H53N3O7/c1-25-20-40(26(2)23-41)37(43)31-19-30(38-36(42)29-11-6-5-7-12-29)14-16-32(31)47-27(3)10-8-9-17-44-35(25)22-39(4)21-28-13-15-33-34(18-28)46-24-45-33/h13-16,18-19,25-27,29,35,41H,5-12,17,20-24H2,1-4H3,(H,38,42)/t25-,26-,27+,35-/m1/s1. The second-order valence-corrected chi connectivity index (χ2v) is 13.7. The van der Waals surface area contributed by atoms with Crippen LogP contribution in [0.4, 0.5) is 5.69 Å². The van der Waals surface area contributed by atoms with E-state index in [2.05, 4.69) is 30.3 Å². The molecule has 1 fully saturated rings. The second kappa shape index (κ2) is 16.7. The van der Waals surface area contributed by atoms with Crippen LogP contribution in [-0.4, -0.2) is 85.1 Å². The van der Waals surface area contributed by atoms with Gasteiger partial charge in [0.05, 0.1) is 30.4 Å². The Balaban J connectivity index is 1.36. The summed E-state index contributed by atoms with van der Waals surface area (Å²) in [7, 11) is 2.07. The summed E-state index contributed by atoms with van der Waals surface area (Å²) in [4.78, 5) is 31.5. The summed E-state index contributed by atoms with van der Waals surface area (Å²) < 4.78 is 23.9. The molecule has 0 spiro atoms. The van der Waals surface area contributed by atoms with Crippen LogP contribution in [0.15, 0.2) is 36.4 Å². The third kappa shape index (κ3) is 9.39. The Kier molecular flexibility index (Phi) is 12.4. The van der Waals surface area contributed by atoms with Crippen molar-refractivity contribution >= 4 is 17.5 Å². The smallest absolute Gasteiger partial charge is 0.258 e. The minimum Gasteiger partial charge on any atom is -0.490 e. The first-order valence-electron chi connectivity index (χ1n) is 17.4. The molecule has 1 aliphatic carbocycles. The van der Waals surface area contributed by atoms with Gasteiger partial charge in [-0.25, -0.2) is 0 Å². The van der Waals surface area contributed by atoms with Crippen molar-refractivity contribution in [1.82, 2.24) is 9.80 Å². The van der Waals surface area contributed by atoms with Crippen LogP contribution in [0.2, 0.25) is 0 Å². The zero-order valence-electron chi connectivity index (χ0n) is 28.5. The largest absolute Gasteiger partial charge is 0.490 e. The maximum Gasteiger partial charge on any atom is 0.258 e. The van der Waals surface area contributed by atoms with Crippen molar-refractivity contribution in [2.75, 3.05) is 45.5 Å². The zero-order valence-corrected chi connectivity index (χ0v) is 28.5. The normalized spacial score (nSPS) is 23.5. The molecule has 0 unspecified atom stereocenters. The minimum absolute atomic E-state index is 0.00346. The first-order valence-corrected chi connectivity index (χ1v) is 17.4. The number of hydrogen-bond acceptors (Lipinski definition) is 8. The highest BCUT2D eigenvalue weighted by atomic mass is 16.7. The summed E-state index contributed by atoms with van der Waals surface area (Å²) in [6, 6.07) is 11.0. The van der Waals surface area contributed by atoms with Gasteiger partial charge in [0, 0.05) is 43.8 Å². The van der Waals surface area contributed by atoms with E-state index in [0.717, 1.165) is 62.0 Å². The molecular formula is C37H53N3O7. The highest BCUT2D eigenvalue weighted by Gasteiger charge is 2.31. The van der Waals surface area contributed by atoms with Crippen molar-refractivity contribution < 1.29 is 33.6 Å². The van der Waals surface area contributed by atoms with Gasteiger partial charge in [-0.1, -0.05) is 32.3 Å². The van der Waals surface area contributed by atoms with Crippen molar-refractivity contribution in [2.45, 2.75) is 96.9 Å². The maximum atomic E-state index is 14.4. The van der Waals surface area contributed by atoms with Crippen LogP contribution in [-0.2, 0) is 16.1 Å². The lowest BCUT2D eigenvalue weighted by Gasteiger charge is -2.36. The highest BCUT2D eigenvalue weighted by molar-refractivity contribution is 6.00. The Morgan fingerprint density at radius 3 is 2.53 bits per heavy atom. The summed E-state index contributed by atoms with van der Waals surface area (Å²) in [6.07, 6.45) is 7.49. The quantitative estimate of drug-likeness (QED) is 0.365. The maximum absolute atomic E-state index is 14.4. The minimum atomic E-state index is -0.435. The van der Waals surface area contributed by atoms with Gasteiger partial charge in [0.2, 0.25) is 12.7 Å². The number of aliphatic hydroxyl groups excluding tert-OH is 1. The number of anilines is 1. The van der Waals surface area contributed by atoms with E-state index in [0.29, 0.717) is 43.2 Å². The predicted molar refractivity (Wildman–Crippen MR) is 181 cm³/mol. The number of carbonyl (C=O) groups excluding carboxylic acids is 2. The van der Waals surface area contributed by atoms with E-state index in [1.165, 1.54) is 6.42 Å². The van der Waals surface area contributed by atoms with Gasteiger partial charge in [-0.15, -0.1) is 0 Å². The number of ether oxygens (including phenoxy) is 4. The fourth-order valence-electron chi connectivity index (χ4n) is 6.79. The molecule has 2 N–H and O–H groups in total. The van der Waals surface area contributed by atoms with E-state index in [9.17, 15) is 14.7 Å². The number of rotatable bonds is 8. The van der Waals surface area contributed by atoms with Crippen molar-refractivity contribution in [3.8, 4) is 17.2 Å². The Morgan fingerprint density at radius 1 is 1.00 bits per heavy atom. The Morgan fingerprint density at radius 2 is 1.74 bits per heavy atom. The fraction of sp³-hybridized carbons (Fsp3) is 0.622. The number of aliphatic hydroxyl groups is 1. The number of nitrogens with zero attached hydrogens (tertiary/aromatic N) is 2. The predicted octanol–water partition coefficient (Wildman–Crippen LogP) is 5.86. The van der Waals surface area contributed by atoms with Gasteiger partial charge < -0.3 is 34.3 Å². The van der Waals surface area contributed by atoms with E-state index in [1.807, 2.05) is 32.0 Å². The van der Waals surface area contributed by atoms with Gasteiger partial charge in [-0.3, -0.25) is 14.5 Å². The van der Waals surface area contributed by atoms with Crippen molar-refractivity contribution in [2.24, 2.45) is 11.8 Å². The van der Waals surface area contributed by atoms with E-state index >= 15 is 0 Å². The molecule has 10 heteroatoms. The van der Waals surface area contributed by atoms with Crippen LogP contribution in [0, 0.1) is 11.8 Å². The van der Waals surface area contributed by atoms with Crippen LogP contribution >= 0.6 is 0 Å². The fourth-order valence-corrected chi connectivity index (χ4v) is 6.79. The SMILES string of the molecule is C[C@@H]1CN([C@H](C)CO)C(=O)c2cc(NC(=O)C3CCCCC3)ccc2O[C@@H](C)CCCCO[C@@H]1CN(C)Cc1ccc2c(c1)OCO2. The first-order chi connectivity index (χ1) is 22.7. The van der Waals surface area contributed by atoms with E-state index in [4.69, 9.17) is 18.9 Å². The number of carbonyl (C=O) groups is 2. The molecule has 2 heterocycles. The highest BCUT2D eigenvalue weighted by Crippen LogP contribution is 2.33. The van der Waals surface area contributed by atoms with Gasteiger partial charge in [-0.2, -0.15) is 0 Å². The molecule has 3 aliphatic rings. The summed E-state index contributed by atoms with van der Waals surface area (Å²) >= 11 is 0. The topological polar surface area (TPSA) is 110 Å². The molecule has 2 amide bonds. The van der Waals surface area contributed by atoms with Crippen molar-refractivity contribution in [1.29, 1.82) is 0 Å². The number of likely N-dealkylation sites (N-methyl/N-ethyl adjacent to an activating group) is 1. The molecule has 2 aromatic rings. The average molecular weight is 652 g/mol. The average Bonchev–Trinajstić information content (AvgIpc) is 3.54. The lowest BCUT2D eigenvalue weighted by atomic mass is 9.88. The number of hydrogen-bond donors (Lipinski definition) is 2. The van der Waals surface area contributed by atoms with Crippen molar-refractivity contribution in [3.63, 3.8) is 0 Å². The Labute approximate surface area is 279 Å². The Hall–Kier alpha value is -3.34. The summed E-state index contributed by atoms with van der Waals surface area (Å²) in [6.45, 7) is 8.41. The molecule has 47 heavy (non-hydrogen) atoms. The molecule has 2 aliphatic heterocycles. The molecule has 0 radical (unpaired) electrons. The monoisotopic (exact) mass is 651 g/mol. The number of fused-ring (bicyclic) bond motifs is 2. The molecule has 2 aromatic carbocycles. The molecule has 1 saturated carbocycles. The summed E-state index contributed by atoms with van der Waals surface area (Å²) in [5.41, 5.74) is 2.09. The number of amides is 2. The van der Waals surface area contributed by atoms with Gasteiger partial charge in [0.15, 0.2) is 11.5 Å². The third-order valence-electron chi connectivity index (χ3n) is 9.68. The summed E-state index contributed by atoms with van der Waals surface area (Å²) in [5, 5.41) is 13.3. The third-order valence-corrected chi connectivity index (χ3v) is 9.68. The lowest BCUT2D eigenvalue weighted by Crippen LogP contribution is -2.47. The van der Waals surface area contributed by atoms with Crippen LogP contribution < -0.4 is 19.5 Å². The second-order valence-electron chi connectivity index (χ2n) is 13.7. The number of nitrogens with one attached hydrogen (secondary N) is 1. The van der Waals surface area contributed by atoms with E-state index in [-0.39, 0.29) is 49.3 Å². The Bertz CT molecular complexity index is 1350. The summed E-state index contributed by atoms with van der Waals surface area (Å²) in [5.74, 6) is 1.76. The van der Waals surface area contributed by atoms with Gasteiger partial charge in [0.1, 0.15) is 5.75 Å². The van der Waals surface area contributed by atoms with Crippen LogP contribution in [0.25, 0.3) is 0 Å². The molecule has 258 valence electrons. The molecule has 10 nitrogen and oxygen atoms in total. The van der Waals surface area contributed by atoms with Gasteiger partial charge >= 0.3 is 0 Å². The molecule has 0 saturated heterocycles. The molecule has 0 aromatic heterocycles. The molecule has 0 bridgehead atoms. The van der Waals surface area contributed by atoms with Gasteiger partial charge in [-0.05, 0) is 88.9 Å². The zero-order chi connectivity index (χ0) is 33.3. The number of benzene rings is 2. The molecule has 4 atom stereocenters. The van der Waals surface area contributed by atoms with Crippen LogP contribution in [0.3, 0.4) is 0 Å². The molecule has 5 rings (SSSR count). The first kappa shape index (κ1) is 35.0. The molecular weight excluding hydrogens is 598 g/mol. The van der Waals surface area contributed by atoms with Crippen LogP contribution in [0.5, 0.6) is 17.2 Å². The van der Waals surface area contributed by atoms with E-state index < -0.39 is 6.04 Å².